The number of aliphatic hydroxyl groups is 1. The van der Waals surface area contributed by atoms with Crippen LogP contribution < -0.4 is 4.90 Å². The van der Waals surface area contributed by atoms with Crippen LogP contribution in [-0.4, -0.2) is 61.2 Å². The highest BCUT2D eigenvalue weighted by Gasteiger charge is 2.24. The minimum absolute atomic E-state index is 0.330. The lowest BCUT2D eigenvalue weighted by atomic mass is 10.1. The van der Waals surface area contributed by atoms with Crippen LogP contribution in [0.1, 0.15) is 39.7 Å². The van der Waals surface area contributed by atoms with Crippen molar-refractivity contribution in [3.8, 4) is 11.3 Å². The quantitative estimate of drug-likeness (QED) is 0.545. The van der Waals surface area contributed by atoms with Crippen LogP contribution in [0.4, 0.5) is 5.88 Å². The van der Waals surface area contributed by atoms with Crippen LogP contribution in [-0.2, 0) is 11.3 Å². The lowest BCUT2D eigenvalue weighted by molar-refractivity contribution is 0.0348. The lowest BCUT2D eigenvalue weighted by Gasteiger charge is -2.27. The fraction of sp³-hybridized carbons (Fsp3) is 0.609. The van der Waals surface area contributed by atoms with Gasteiger partial charge >= 0.3 is 0 Å². The highest BCUT2D eigenvalue weighted by molar-refractivity contribution is 5.68. The second-order valence-corrected chi connectivity index (χ2v) is 7.88. The standard InChI is InChI=1S/C23H37N3O3/c1-6-26(7-2)23-21(22(24-29-23)19-11-9-8-10-12-19)16-25(14-13-18(3)4)15-20(27)17-28-5/h8-12,18,20,27H,6-7,13-17H2,1-5H3. The third-order valence-corrected chi connectivity index (χ3v) is 5.10. The summed E-state index contributed by atoms with van der Waals surface area (Å²) in [6, 6.07) is 10.2. The van der Waals surface area contributed by atoms with Crippen LogP contribution in [0.3, 0.4) is 0 Å². The van der Waals surface area contributed by atoms with E-state index in [9.17, 15) is 5.11 Å². The molecule has 0 fully saturated rings. The summed E-state index contributed by atoms with van der Waals surface area (Å²) in [4.78, 5) is 4.48. The molecule has 0 aliphatic carbocycles. The van der Waals surface area contributed by atoms with Crippen LogP contribution in [0.2, 0.25) is 0 Å². The van der Waals surface area contributed by atoms with Gasteiger partial charge in [-0.1, -0.05) is 49.3 Å². The highest BCUT2D eigenvalue weighted by Crippen LogP contribution is 2.32. The predicted octanol–water partition coefficient (Wildman–Crippen LogP) is 4.04. The Morgan fingerprint density at radius 3 is 2.41 bits per heavy atom. The Bertz CT molecular complexity index is 699. The average Bonchev–Trinajstić information content (AvgIpc) is 3.11. The zero-order valence-electron chi connectivity index (χ0n) is 18.6. The molecule has 162 valence electrons. The van der Waals surface area contributed by atoms with Crippen molar-refractivity contribution in [1.82, 2.24) is 10.1 Å². The SMILES string of the molecule is CCN(CC)c1onc(-c2ccccc2)c1CN(CCC(C)C)CC(O)COC. The molecule has 1 heterocycles. The van der Waals surface area contributed by atoms with E-state index in [1.165, 1.54) is 0 Å². The lowest BCUT2D eigenvalue weighted by Crippen LogP contribution is -2.36. The third kappa shape index (κ3) is 6.84. The Balaban J connectivity index is 2.36. The smallest absolute Gasteiger partial charge is 0.232 e. The predicted molar refractivity (Wildman–Crippen MR) is 118 cm³/mol. The molecule has 6 nitrogen and oxygen atoms in total. The van der Waals surface area contributed by atoms with Gasteiger partial charge in [0.2, 0.25) is 5.88 Å². The first-order valence-electron chi connectivity index (χ1n) is 10.7. The fourth-order valence-corrected chi connectivity index (χ4v) is 3.47. The topological polar surface area (TPSA) is 62.0 Å². The van der Waals surface area contributed by atoms with Crippen LogP contribution in [0.5, 0.6) is 0 Å². The zero-order valence-corrected chi connectivity index (χ0v) is 18.6. The minimum Gasteiger partial charge on any atom is -0.389 e. The number of hydrogen-bond acceptors (Lipinski definition) is 6. The number of anilines is 1. The zero-order chi connectivity index (χ0) is 21.2. The molecule has 29 heavy (non-hydrogen) atoms. The molecule has 0 aliphatic heterocycles. The first kappa shape index (κ1) is 23.4. The van der Waals surface area contributed by atoms with Crippen molar-refractivity contribution in [3.05, 3.63) is 35.9 Å². The molecule has 0 saturated carbocycles. The number of methoxy groups -OCH3 is 1. The molecule has 0 radical (unpaired) electrons. The molecule has 1 aromatic carbocycles. The van der Waals surface area contributed by atoms with Crippen LogP contribution in [0.15, 0.2) is 34.9 Å². The van der Waals surface area contributed by atoms with Crippen molar-refractivity contribution < 1.29 is 14.4 Å². The maximum atomic E-state index is 10.4. The van der Waals surface area contributed by atoms with Crippen molar-refractivity contribution in [2.75, 3.05) is 44.8 Å². The summed E-state index contributed by atoms with van der Waals surface area (Å²) >= 11 is 0. The fourth-order valence-electron chi connectivity index (χ4n) is 3.47. The van der Waals surface area contributed by atoms with E-state index >= 15 is 0 Å². The number of nitrogens with zero attached hydrogens (tertiary/aromatic N) is 3. The minimum atomic E-state index is -0.524. The first-order valence-corrected chi connectivity index (χ1v) is 10.7. The van der Waals surface area contributed by atoms with E-state index in [2.05, 4.69) is 54.8 Å². The molecular formula is C23H37N3O3. The number of aliphatic hydroxyl groups excluding tert-OH is 1. The van der Waals surface area contributed by atoms with Gasteiger partial charge in [-0.15, -0.1) is 0 Å². The van der Waals surface area contributed by atoms with Gasteiger partial charge in [-0.05, 0) is 32.7 Å². The molecule has 1 aromatic heterocycles. The number of aromatic nitrogens is 1. The Morgan fingerprint density at radius 2 is 1.83 bits per heavy atom. The van der Waals surface area contributed by atoms with Crippen molar-refractivity contribution in [1.29, 1.82) is 0 Å². The third-order valence-electron chi connectivity index (χ3n) is 5.10. The molecule has 1 atom stereocenters. The molecule has 0 amide bonds. The maximum Gasteiger partial charge on any atom is 0.232 e. The number of rotatable bonds is 13. The van der Waals surface area contributed by atoms with Gasteiger partial charge in [0.1, 0.15) is 5.69 Å². The molecule has 2 rings (SSSR count). The summed E-state index contributed by atoms with van der Waals surface area (Å²) in [5.41, 5.74) is 3.00. The molecule has 6 heteroatoms. The number of benzene rings is 1. The Morgan fingerprint density at radius 1 is 1.14 bits per heavy atom. The van der Waals surface area contributed by atoms with Gasteiger partial charge in [-0.3, -0.25) is 4.90 Å². The van der Waals surface area contributed by atoms with E-state index in [0.29, 0.717) is 25.6 Å². The van der Waals surface area contributed by atoms with Crippen LogP contribution in [0.25, 0.3) is 11.3 Å². The number of hydrogen-bond donors (Lipinski definition) is 1. The van der Waals surface area contributed by atoms with Crippen molar-refractivity contribution in [2.45, 2.75) is 46.8 Å². The van der Waals surface area contributed by atoms with Gasteiger partial charge in [0, 0.05) is 38.9 Å². The van der Waals surface area contributed by atoms with Crippen LogP contribution >= 0.6 is 0 Å². The first-order chi connectivity index (χ1) is 14.0. The number of ether oxygens (including phenoxy) is 1. The summed E-state index contributed by atoms with van der Waals surface area (Å²) in [5, 5.41) is 14.8. The van der Waals surface area contributed by atoms with E-state index in [-0.39, 0.29) is 0 Å². The van der Waals surface area contributed by atoms with Gasteiger partial charge < -0.3 is 19.3 Å². The second kappa shape index (κ2) is 12.0. The van der Waals surface area contributed by atoms with E-state index in [1.807, 2.05) is 18.2 Å². The van der Waals surface area contributed by atoms with Gasteiger partial charge in [-0.2, -0.15) is 0 Å². The van der Waals surface area contributed by atoms with E-state index in [0.717, 1.165) is 48.8 Å². The van der Waals surface area contributed by atoms with Gasteiger partial charge in [0.05, 0.1) is 18.3 Å². The van der Waals surface area contributed by atoms with E-state index in [1.54, 1.807) is 7.11 Å². The maximum absolute atomic E-state index is 10.4. The van der Waals surface area contributed by atoms with E-state index in [4.69, 9.17) is 9.26 Å². The second-order valence-electron chi connectivity index (χ2n) is 7.88. The van der Waals surface area contributed by atoms with Crippen LogP contribution in [0, 0.1) is 5.92 Å². The normalized spacial score (nSPS) is 12.7. The largest absolute Gasteiger partial charge is 0.389 e. The molecule has 0 spiro atoms. The Kier molecular flexibility index (Phi) is 9.64. The van der Waals surface area contributed by atoms with Gasteiger partial charge in [-0.25, -0.2) is 0 Å². The summed E-state index contributed by atoms with van der Waals surface area (Å²) < 4.78 is 11.0. The van der Waals surface area contributed by atoms with Gasteiger partial charge in [0.15, 0.2) is 0 Å². The van der Waals surface area contributed by atoms with Crippen molar-refractivity contribution in [3.63, 3.8) is 0 Å². The van der Waals surface area contributed by atoms with Gasteiger partial charge in [0.25, 0.3) is 0 Å². The molecular weight excluding hydrogens is 366 g/mol. The van der Waals surface area contributed by atoms with Crippen molar-refractivity contribution in [2.24, 2.45) is 5.92 Å². The molecule has 0 aliphatic rings. The van der Waals surface area contributed by atoms with E-state index < -0.39 is 6.10 Å². The molecule has 2 aromatic rings. The summed E-state index contributed by atoms with van der Waals surface area (Å²) in [6.07, 6.45) is 0.538. The summed E-state index contributed by atoms with van der Waals surface area (Å²) in [5.74, 6) is 1.42. The highest BCUT2D eigenvalue weighted by atomic mass is 16.5. The van der Waals surface area contributed by atoms with Crippen molar-refractivity contribution >= 4 is 5.88 Å². The molecule has 0 bridgehead atoms. The summed E-state index contributed by atoms with van der Waals surface area (Å²) in [7, 11) is 1.62. The monoisotopic (exact) mass is 403 g/mol. The summed E-state index contributed by atoms with van der Waals surface area (Å²) in [6.45, 7) is 12.8. The molecule has 1 unspecified atom stereocenters. The Labute approximate surface area is 175 Å². The molecule has 1 N–H and O–H groups in total. The Hall–Kier alpha value is -1.89. The average molecular weight is 404 g/mol. The molecule has 0 saturated heterocycles.